The number of carboxylic acids is 1. The number of hydrogen-bond donors (Lipinski definition) is 2. The molecule has 0 radical (unpaired) electrons. The number of fused-ring (bicyclic) bond motifs is 1. The number of halogens is 1. The standard InChI is InChI=1S/C31H38FNO3S/c1-4-37-14-6-13-36-26-15-20(2)31(21(3)16-26)25-8-5-7-23(18-25)28-11-9-24-17-22(10-12-30(34)35)27(32)19-29(24)33-28/h5,7-8,15-19,24,28-29,33H,4,6,9-14H2,1-3H3,(H,34,35). The van der Waals surface area contributed by atoms with E-state index in [1.807, 2.05) is 17.8 Å². The number of aryl methyl sites for hydroxylation is 2. The van der Waals surface area contributed by atoms with Crippen LogP contribution in [0.5, 0.6) is 5.75 Å². The minimum Gasteiger partial charge on any atom is -0.494 e. The normalized spacial score (nSPS) is 21.1. The van der Waals surface area contributed by atoms with Gasteiger partial charge < -0.3 is 15.2 Å². The Bertz CT molecular complexity index is 1150. The second kappa shape index (κ2) is 12.8. The molecule has 6 heteroatoms. The van der Waals surface area contributed by atoms with Crippen molar-refractivity contribution in [1.82, 2.24) is 5.32 Å². The summed E-state index contributed by atoms with van der Waals surface area (Å²) < 4.78 is 20.7. The molecule has 0 aromatic heterocycles. The zero-order valence-electron chi connectivity index (χ0n) is 22.1. The molecule has 4 nitrogen and oxygen atoms in total. The summed E-state index contributed by atoms with van der Waals surface area (Å²) in [6.45, 7) is 7.20. The Balaban J connectivity index is 1.45. The van der Waals surface area contributed by atoms with Crippen molar-refractivity contribution in [1.29, 1.82) is 0 Å². The summed E-state index contributed by atoms with van der Waals surface area (Å²) in [5.74, 6) is 2.21. The van der Waals surface area contributed by atoms with E-state index in [-0.39, 0.29) is 36.7 Å². The summed E-state index contributed by atoms with van der Waals surface area (Å²) in [5.41, 5.74) is 6.55. The number of rotatable bonds is 11. The predicted octanol–water partition coefficient (Wildman–Crippen LogP) is 7.56. The largest absolute Gasteiger partial charge is 0.494 e. The van der Waals surface area contributed by atoms with Gasteiger partial charge in [0, 0.05) is 18.5 Å². The smallest absolute Gasteiger partial charge is 0.303 e. The van der Waals surface area contributed by atoms with Gasteiger partial charge in [0.25, 0.3) is 0 Å². The number of thioether (sulfide) groups is 1. The Morgan fingerprint density at radius 3 is 2.68 bits per heavy atom. The third-order valence-corrected chi connectivity index (χ3v) is 8.28. The molecule has 2 aromatic carbocycles. The van der Waals surface area contributed by atoms with Gasteiger partial charge in [-0.1, -0.05) is 31.2 Å². The molecule has 1 aliphatic heterocycles. The fourth-order valence-corrected chi connectivity index (χ4v) is 6.13. The number of benzene rings is 2. The molecule has 1 aliphatic carbocycles. The first kappa shape index (κ1) is 27.5. The zero-order valence-corrected chi connectivity index (χ0v) is 22.9. The van der Waals surface area contributed by atoms with Gasteiger partial charge in [-0.15, -0.1) is 0 Å². The SMILES string of the molecule is CCSCCCOc1cc(C)c(-c2cccc(C3CCC4C=C(CCC(=O)O)C(F)=CC4N3)c2)c(C)c1. The molecule has 3 unspecified atom stereocenters. The molecule has 198 valence electrons. The van der Waals surface area contributed by atoms with E-state index >= 15 is 0 Å². The van der Waals surface area contributed by atoms with Gasteiger partial charge in [0.15, 0.2) is 0 Å². The van der Waals surface area contributed by atoms with Crippen LogP contribution < -0.4 is 10.1 Å². The van der Waals surface area contributed by atoms with Gasteiger partial charge in [-0.3, -0.25) is 4.79 Å². The highest BCUT2D eigenvalue weighted by atomic mass is 32.2. The lowest BCUT2D eigenvalue weighted by Gasteiger charge is -2.37. The zero-order chi connectivity index (χ0) is 26.4. The van der Waals surface area contributed by atoms with Crippen molar-refractivity contribution in [2.75, 3.05) is 18.1 Å². The van der Waals surface area contributed by atoms with Crippen LogP contribution in [0.4, 0.5) is 4.39 Å². The Kier molecular flexibility index (Phi) is 9.49. The minimum atomic E-state index is -0.897. The topological polar surface area (TPSA) is 58.6 Å². The number of carboxylic acid groups (broad SMARTS) is 1. The number of piperidine rings is 1. The van der Waals surface area contributed by atoms with E-state index in [0.29, 0.717) is 5.57 Å². The van der Waals surface area contributed by atoms with Crippen LogP contribution in [0.2, 0.25) is 0 Å². The third kappa shape index (κ3) is 7.05. The summed E-state index contributed by atoms with van der Waals surface area (Å²) in [7, 11) is 0. The molecule has 1 saturated heterocycles. The van der Waals surface area contributed by atoms with Gasteiger partial charge in [-0.2, -0.15) is 11.8 Å². The summed E-state index contributed by atoms with van der Waals surface area (Å²) in [6.07, 6.45) is 6.73. The average molecular weight is 524 g/mol. The Morgan fingerprint density at radius 1 is 1.16 bits per heavy atom. The van der Waals surface area contributed by atoms with Crippen LogP contribution in [-0.2, 0) is 4.79 Å². The van der Waals surface area contributed by atoms with Crippen LogP contribution in [0, 0.1) is 19.8 Å². The van der Waals surface area contributed by atoms with Crippen LogP contribution in [0.1, 0.15) is 61.8 Å². The Morgan fingerprint density at radius 2 is 1.95 bits per heavy atom. The van der Waals surface area contributed by atoms with Crippen molar-refractivity contribution >= 4 is 17.7 Å². The van der Waals surface area contributed by atoms with Crippen molar-refractivity contribution in [3.63, 3.8) is 0 Å². The van der Waals surface area contributed by atoms with Crippen LogP contribution in [0.25, 0.3) is 11.1 Å². The highest BCUT2D eigenvalue weighted by Gasteiger charge is 2.32. The van der Waals surface area contributed by atoms with Gasteiger partial charge in [-0.05, 0) is 115 Å². The van der Waals surface area contributed by atoms with E-state index in [9.17, 15) is 9.18 Å². The molecular weight excluding hydrogens is 485 g/mol. The van der Waals surface area contributed by atoms with E-state index in [1.54, 1.807) is 6.08 Å². The lowest BCUT2D eigenvalue weighted by atomic mass is 9.80. The number of ether oxygens (including phenoxy) is 1. The van der Waals surface area contributed by atoms with Crippen molar-refractivity contribution in [3.05, 3.63) is 76.6 Å². The summed E-state index contributed by atoms with van der Waals surface area (Å²) >= 11 is 1.94. The Hall–Kier alpha value is -2.57. The van der Waals surface area contributed by atoms with Crippen LogP contribution >= 0.6 is 11.8 Å². The van der Waals surface area contributed by atoms with E-state index in [2.05, 4.69) is 62.5 Å². The maximum absolute atomic E-state index is 14.7. The lowest BCUT2D eigenvalue weighted by Crippen LogP contribution is -2.42. The highest BCUT2D eigenvalue weighted by molar-refractivity contribution is 7.99. The lowest BCUT2D eigenvalue weighted by molar-refractivity contribution is -0.136. The highest BCUT2D eigenvalue weighted by Crippen LogP contribution is 2.38. The molecule has 2 N–H and O–H groups in total. The van der Waals surface area contributed by atoms with Crippen LogP contribution in [0.3, 0.4) is 0 Å². The van der Waals surface area contributed by atoms with Crippen molar-refractivity contribution in [2.45, 2.75) is 65.0 Å². The van der Waals surface area contributed by atoms with Crippen molar-refractivity contribution < 1.29 is 19.0 Å². The van der Waals surface area contributed by atoms with Crippen LogP contribution in [0.15, 0.2) is 60.0 Å². The first-order valence-electron chi connectivity index (χ1n) is 13.3. The molecule has 2 aliphatic rings. The monoisotopic (exact) mass is 523 g/mol. The molecule has 0 amide bonds. The van der Waals surface area contributed by atoms with E-state index < -0.39 is 5.97 Å². The molecule has 37 heavy (non-hydrogen) atoms. The minimum absolute atomic E-state index is 0.0443. The fourth-order valence-electron chi connectivity index (χ4n) is 5.52. The van der Waals surface area contributed by atoms with Crippen molar-refractivity contribution in [3.8, 4) is 16.9 Å². The van der Waals surface area contributed by atoms with Crippen molar-refractivity contribution in [2.24, 2.45) is 5.92 Å². The maximum atomic E-state index is 14.7. The number of nitrogens with one attached hydrogen (secondary N) is 1. The Labute approximate surface area is 224 Å². The first-order chi connectivity index (χ1) is 17.9. The molecule has 0 spiro atoms. The molecule has 3 atom stereocenters. The third-order valence-electron chi connectivity index (χ3n) is 7.29. The molecule has 2 aromatic rings. The van der Waals surface area contributed by atoms with E-state index in [4.69, 9.17) is 9.84 Å². The van der Waals surface area contributed by atoms with Gasteiger partial charge in [0.2, 0.25) is 0 Å². The number of allylic oxidation sites excluding steroid dienone is 2. The van der Waals surface area contributed by atoms with E-state index in [0.717, 1.165) is 43.1 Å². The summed E-state index contributed by atoms with van der Waals surface area (Å²) in [6, 6.07) is 13.0. The van der Waals surface area contributed by atoms with Gasteiger partial charge in [0.05, 0.1) is 6.61 Å². The quantitative estimate of drug-likeness (QED) is 0.298. The first-order valence-corrected chi connectivity index (χ1v) is 14.5. The molecule has 1 fully saturated rings. The maximum Gasteiger partial charge on any atom is 0.303 e. The average Bonchev–Trinajstić information content (AvgIpc) is 2.87. The summed E-state index contributed by atoms with van der Waals surface area (Å²) in [4.78, 5) is 10.9. The molecule has 0 saturated carbocycles. The van der Waals surface area contributed by atoms with Crippen LogP contribution in [-0.4, -0.2) is 35.2 Å². The summed E-state index contributed by atoms with van der Waals surface area (Å²) in [5, 5.41) is 12.6. The molecule has 1 heterocycles. The number of hydrogen-bond acceptors (Lipinski definition) is 4. The fraction of sp³-hybridized carbons (Fsp3) is 0.452. The van der Waals surface area contributed by atoms with Gasteiger partial charge >= 0.3 is 5.97 Å². The second-order valence-electron chi connectivity index (χ2n) is 10.0. The molecule has 0 bridgehead atoms. The second-order valence-corrected chi connectivity index (χ2v) is 11.4. The predicted molar refractivity (Wildman–Crippen MR) is 151 cm³/mol. The number of carbonyl (C=O) groups is 1. The number of aliphatic carboxylic acids is 1. The molecular formula is C31H38FNO3S. The van der Waals surface area contributed by atoms with Gasteiger partial charge in [0.1, 0.15) is 11.6 Å². The molecule has 4 rings (SSSR count). The van der Waals surface area contributed by atoms with Gasteiger partial charge in [-0.25, -0.2) is 4.39 Å². The van der Waals surface area contributed by atoms with E-state index in [1.165, 1.54) is 27.8 Å².